The minimum absolute atomic E-state index is 0.226. The lowest BCUT2D eigenvalue weighted by atomic mass is 10.1. The van der Waals surface area contributed by atoms with E-state index < -0.39 is 0 Å². The first-order chi connectivity index (χ1) is 15.6. The molecule has 0 saturated carbocycles. The summed E-state index contributed by atoms with van der Waals surface area (Å²) in [5.74, 6) is 0.915. The quantitative estimate of drug-likeness (QED) is 0.482. The Kier molecular flexibility index (Phi) is 6.22. The molecule has 1 heterocycles. The number of hydrogen-bond acceptors (Lipinski definition) is 4. The van der Waals surface area contributed by atoms with Crippen molar-refractivity contribution in [3.63, 3.8) is 0 Å². The van der Waals surface area contributed by atoms with E-state index >= 15 is 0 Å². The van der Waals surface area contributed by atoms with Gasteiger partial charge in [0.2, 0.25) is 0 Å². The first-order valence-corrected chi connectivity index (χ1v) is 10.3. The van der Waals surface area contributed by atoms with E-state index in [9.17, 15) is 9.59 Å². The van der Waals surface area contributed by atoms with Crippen LogP contribution in [0.3, 0.4) is 0 Å². The number of para-hydroxylation sites is 1. The number of nitrogens with zero attached hydrogens (tertiary/aromatic N) is 1. The largest absolute Gasteiger partial charge is 0.493 e. The van der Waals surface area contributed by atoms with Crippen LogP contribution in [-0.4, -0.2) is 17.6 Å². The summed E-state index contributed by atoms with van der Waals surface area (Å²) < 4.78 is 12.9. The highest BCUT2D eigenvalue weighted by Crippen LogP contribution is 2.29. The number of aromatic nitrogens is 1. The fraction of sp³-hybridized carbons (Fsp3) is 0.154. The van der Waals surface area contributed by atoms with E-state index in [4.69, 9.17) is 9.47 Å². The highest BCUT2D eigenvalue weighted by Gasteiger charge is 2.14. The lowest BCUT2D eigenvalue weighted by Gasteiger charge is -2.13. The van der Waals surface area contributed by atoms with Crippen LogP contribution < -0.4 is 20.3 Å². The van der Waals surface area contributed by atoms with Crippen LogP contribution in [-0.2, 0) is 20.2 Å². The zero-order chi connectivity index (χ0) is 22.5. The maximum atomic E-state index is 12.9. The zero-order valence-electron chi connectivity index (χ0n) is 18.0. The van der Waals surface area contributed by atoms with Crippen LogP contribution in [0.1, 0.15) is 21.5 Å². The Morgan fingerprint density at radius 3 is 2.44 bits per heavy atom. The highest BCUT2D eigenvalue weighted by atomic mass is 16.5. The van der Waals surface area contributed by atoms with E-state index in [0.717, 1.165) is 16.5 Å². The third-order valence-electron chi connectivity index (χ3n) is 5.32. The van der Waals surface area contributed by atoms with Crippen molar-refractivity contribution in [3.8, 4) is 11.5 Å². The predicted molar refractivity (Wildman–Crippen MR) is 124 cm³/mol. The smallest absolute Gasteiger partial charge is 0.252 e. The second kappa shape index (κ2) is 9.39. The monoisotopic (exact) mass is 428 g/mol. The summed E-state index contributed by atoms with van der Waals surface area (Å²) in [6.45, 7) is 0.723. The van der Waals surface area contributed by atoms with Gasteiger partial charge in [0.15, 0.2) is 11.5 Å². The van der Waals surface area contributed by atoms with Gasteiger partial charge in [-0.05, 0) is 29.3 Å². The number of rotatable bonds is 7. The molecule has 0 spiro atoms. The number of benzene rings is 3. The molecule has 4 rings (SSSR count). The van der Waals surface area contributed by atoms with Crippen molar-refractivity contribution in [2.45, 2.75) is 13.2 Å². The molecule has 0 bridgehead atoms. The lowest BCUT2D eigenvalue weighted by molar-refractivity contribution is 0.0952. The average Bonchev–Trinajstić information content (AvgIpc) is 2.84. The Morgan fingerprint density at radius 2 is 1.66 bits per heavy atom. The van der Waals surface area contributed by atoms with Gasteiger partial charge in [-0.1, -0.05) is 54.6 Å². The average molecular weight is 428 g/mol. The van der Waals surface area contributed by atoms with Gasteiger partial charge in [0.1, 0.15) is 6.61 Å². The van der Waals surface area contributed by atoms with Crippen LogP contribution in [0.25, 0.3) is 10.9 Å². The van der Waals surface area contributed by atoms with Gasteiger partial charge in [0.05, 0.1) is 18.2 Å². The Labute approximate surface area is 186 Å². The summed E-state index contributed by atoms with van der Waals surface area (Å²) in [5.41, 5.74) is 2.77. The number of pyridine rings is 1. The van der Waals surface area contributed by atoms with Crippen LogP contribution in [0.5, 0.6) is 11.5 Å². The van der Waals surface area contributed by atoms with Crippen molar-refractivity contribution in [1.29, 1.82) is 0 Å². The Morgan fingerprint density at radius 1 is 0.906 bits per heavy atom. The number of carbonyl (C=O) groups excluding carboxylic acids is 1. The zero-order valence-corrected chi connectivity index (χ0v) is 18.0. The Hall–Kier alpha value is -4.06. The van der Waals surface area contributed by atoms with Gasteiger partial charge in [-0.25, -0.2) is 0 Å². The van der Waals surface area contributed by atoms with Gasteiger partial charge in [0.25, 0.3) is 11.5 Å². The van der Waals surface area contributed by atoms with Gasteiger partial charge in [-0.15, -0.1) is 0 Å². The number of carbonyl (C=O) groups is 1. The van der Waals surface area contributed by atoms with Gasteiger partial charge < -0.3 is 19.4 Å². The fourth-order valence-electron chi connectivity index (χ4n) is 3.55. The molecular formula is C26H24N2O4. The van der Waals surface area contributed by atoms with Crippen molar-refractivity contribution in [1.82, 2.24) is 9.88 Å². The molecule has 6 nitrogen and oxygen atoms in total. The molecule has 0 aliphatic rings. The molecule has 0 fully saturated rings. The van der Waals surface area contributed by atoms with Gasteiger partial charge in [-0.3, -0.25) is 9.59 Å². The molecule has 3 aromatic carbocycles. The molecule has 0 unspecified atom stereocenters. The summed E-state index contributed by atoms with van der Waals surface area (Å²) in [4.78, 5) is 25.1. The summed E-state index contributed by atoms with van der Waals surface area (Å²) >= 11 is 0. The molecule has 0 aliphatic carbocycles. The van der Waals surface area contributed by atoms with Crippen LogP contribution >= 0.6 is 0 Å². The molecule has 1 N–H and O–H groups in total. The first kappa shape index (κ1) is 21.2. The van der Waals surface area contributed by atoms with Crippen LogP contribution in [0.15, 0.2) is 83.7 Å². The molecule has 4 aromatic rings. The Balaban J connectivity index is 1.48. The summed E-state index contributed by atoms with van der Waals surface area (Å²) in [6, 6.07) is 24.2. The maximum absolute atomic E-state index is 12.9. The molecule has 0 atom stereocenters. The number of amides is 1. The lowest BCUT2D eigenvalue weighted by Crippen LogP contribution is -2.26. The number of aryl methyl sites for hydroxylation is 1. The molecule has 1 amide bonds. The molecule has 0 aliphatic heterocycles. The third kappa shape index (κ3) is 4.49. The second-order valence-electron chi connectivity index (χ2n) is 7.41. The minimum atomic E-state index is -0.303. The van der Waals surface area contributed by atoms with Gasteiger partial charge in [-0.2, -0.15) is 0 Å². The summed E-state index contributed by atoms with van der Waals surface area (Å²) in [5, 5.41) is 3.63. The van der Waals surface area contributed by atoms with Crippen LogP contribution in [0.4, 0.5) is 0 Å². The molecule has 162 valence electrons. The first-order valence-electron chi connectivity index (χ1n) is 10.3. The number of ether oxygens (including phenoxy) is 2. The summed E-state index contributed by atoms with van der Waals surface area (Å²) in [6.07, 6.45) is 0. The normalized spacial score (nSPS) is 10.7. The molecule has 32 heavy (non-hydrogen) atoms. The number of methoxy groups -OCH3 is 1. The van der Waals surface area contributed by atoms with E-state index in [1.54, 1.807) is 14.2 Å². The van der Waals surface area contributed by atoms with E-state index in [0.29, 0.717) is 29.2 Å². The van der Waals surface area contributed by atoms with Crippen LogP contribution in [0, 0.1) is 0 Å². The maximum Gasteiger partial charge on any atom is 0.252 e. The molecule has 0 saturated heterocycles. The predicted octanol–water partition coefficient (Wildman–Crippen LogP) is 4.06. The second-order valence-corrected chi connectivity index (χ2v) is 7.41. The van der Waals surface area contributed by atoms with Gasteiger partial charge >= 0.3 is 0 Å². The SMILES string of the molecule is COc1cc(CNC(=O)c2cc(=O)n(C)c3ccccc23)ccc1OCc1ccccc1. The number of nitrogens with one attached hydrogen (secondary N) is 1. The van der Waals surface area contributed by atoms with E-state index in [1.807, 2.05) is 72.8 Å². The van der Waals surface area contributed by atoms with Gasteiger partial charge in [0, 0.05) is 25.0 Å². The standard InChI is InChI=1S/C26H24N2O4/c1-28-22-11-7-6-10-20(22)21(15-25(28)29)26(30)27-16-19-12-13-23(24(14-19)31-2)32-17-18-8-4-3-5-9-18/h3-15H,16-17H2,1-2H3,(H,27,30). The summed E-state index contributed by atoms with van der Waals surface area (Å²) in [7, 11) is 3.28. The van der Waals surface area contributed by atoms with Crippen molar-refractivity contribution < 1.29 is 14.3 Å². The van der Waals surface area contributed by atoms with Crippen molar-refractivity contribution in [2.75, 3.05) is 7.11 Å². The molecular weight excluding hydrogens is 404 g/mol. The molecule has 1 aromatic heterocycles. The van der Waals surface area contributed by atoms with Crippen LogP contribution in [0.2, 0.25) is 0 Å². The minimum Gasteiger partial charge on any atom is -0.493 e. The number of fused-ring (bicyclic) bond motifs is 1. The Bertz CT molecular complexity index is 1310. The van der Waals surface area contributed by atoms with Crippen molar-refractivity contribution >= 4 is 16.8 Å². The highest BCUT2D eigenvalue weighted by molar-refractivity contribution is 6.06. The van der Waals surface area contributed by atoms with E-state index in [2.05, 4.69) is 5.32 Å². The molecule has 6 heteroatoms. The van der Waals surface area contributed by atoms with E-state index in [1.165, 1.54) is 10.6 Å². The number of hydrogen-bond donors (Lipinski definition) is 1. The van der Waals surface area contributed by atoms with Crippen molar-refractivity contribution in [3.05, 3.63) is 106 Å². The molecule has 0 radical (unpaired) electrons. The fourth-order valence-corrected chi connectivity index (χ4v) is 3.55. The third-order valence-corrected chi connectivity index (χ3v) is 5.32. The van der Waals surface area contributed by atoms with Crippen molar-refractivity contribution in [2.24, 2.45) is 7.05 Å². The van der Waals surface area contributed by atoms with E-state index in [-0.39, 0.29) is 18.0 Å². The topological polar surface area (TPSA) is 69.6 Å².